The molecule has 0 aliphatic heterocycles. The van der Waals surface area contributed by atoms with Crippen LogP contribution in [-0.4, -0.2) is 19.6 Å². The fraction of sp³-hybridized carbons (Fsp3) is 0.236. The third kappa shape index (κ3) is 8.41. The molecule has 60 heavy (non-hydrogen) atoms. The molecule has 0 spiro atoms. The Balaban J connectivity index is 0.00000840. The third-order valence-electron chi connectivity index (χ3n) is 10.5. The number of para-hydroxylation sites is 1. The van der Waals surface area contributed by atoms with E-state index in [2.05, 4.69) is 37.9 Å². The summed E-state index contributed by atoms with van der Waals surface area (Å²) in [7, 11) is 0. The topological polar surface area (TPSA) is 50.9 Å². The standard InChI is InChI=1S/C55H54N3O.Pt/c1-35-19-21-36(22-20-35)38-27-28-56-47(32-38)40-29-39(30-43(31-40)55(8,9)10)44-17-14-18-49-51(44)57-52(46-34-42(54(5,6)7)24-26-50(46)59)58(49)48-25-23-41(53(2,3)4)33-45(48)37-15-12-11-13-16-37;/h11-28,30-34,59H,1-10H3;/q-1;/i1D3,5D3,6D3,7D3,19D,20D,21D,22D;. The van der Waals surface area contributed by atoms with Gasteiger partial charge in [-0.25, -0.2) is 4.98 Å². The summed E-state index contributed by atoms with van der Waals surface area (Å²) in [6.45, 7) is -1.38. The molecular formula is C55H54N3OPt-. The molecule has 5 heteroatoms. The fourth-order valence-electron chi connectivity index (χ4n) is 7.21. The summed E-state index contributed by atoms with van der Waals surface area (Å²) in [4.78, 5) is 9.91. The van der Waals surface area contributed by atoms with Crippen molar-refractivity contribution in [2.24, 2.45) is 0 Å². The largest absolute Gasteiger partial charge is 0.507 e. The summed E-state index contributed by atoms with van der Waals surface area (Å²) < 4.78 is 137. The monoisotopic (exact) mass is 983 g/mol. The van der Waals surface area contributed by atoms with E-state index in [-0.39, 0.29) is 49.0 Å². The second kappa shape index (κ2) is 16.1. The van der Waals surface area contributed by atoms with Gasteiger partial charge in [-0.2, -0.15) is 0 Å². The zero-order chi connectivity index (χ0) is 55.3. The fourth-order valence-corrected chi connectivity index (χ4v) is 7.21. The number of imidazole rings is 1. The summed E-state index contributed by atoms with van der Waals surface area (Å²) in [6, 6.07) is 32.2. The van der Waals surface area contributed by atoms with Crippen LogP contribution in [0.5, 0.6) is 5.75 Å². The molecular weight excluding hydrogens is 914 g/mol. The first-order valence-corrected chi connectivity index (χ1v) is 19.3. The van der Waals surface area contributed by atoms with Crippen LogP contribution in [0.1, 0.15) is 106 Å². The molecule has 0 atom stereocenters. The van der Waals surface area contributed by atoms with Gasteiger partial charge in [0, 0.05) is 55.0 Å². The molecule has 0 unspecified atom stereocenters. The molecule has 0 saturated heterocycles. The zero-order valence-electron chi connectivity index (χ0n) is 50.1. The van der Waals surface area contributed by atoms with Gasteiger partial charge >= 0.3 is 0 Å². The number of aromatic hydroxyl groups is 1. The van der Waals surface area contributed by atoms with Gasteiger partial charge in [0.05, 0.1) is 27.8 Å². The van der Waals surface area contributed by atoms with E-state index in [4.69, 9.17) is 26.9 Å². The molecule has 8 rings (SSSR count). The Labute approximate surface area is 393 Å². The van der Waals surface area contributed by atoms with Gasteiger partial charge in [-0.15, -0.1) is 29.3 Å². The van der Waals surface area contributed by atoms with Crippen molar-refractivity contribution in [1.29, 1.82) is 0 Å². The molecule has 8 aromatic rings. The first kappa shape index (κ1) is 26.6. The number of rotatable bonds is 6. The number of hydrogen-bond donors (Lipinski definition) is 1. The molecule has 0 fully saturated rings. The first-order valence-electron chi connectivity index (χ1n) is 27.3. The molecule has 0 amide bonds. The van der Waals surface area contributed by atoms with Crippen LogP contribution in [0, 0.1) is 12.9 Å². The van der Waals surface area contributed by atoms with E-state index >= 15 is 0 Å². The smallest absolute Gasteiger partial charge is 0.148 e. The van der Waals surface area contributed by atoms with Gasteiger partial charge < -0.3 is 5.11 Å². The Kier molecular flexibility index (Phi) is 7.15. The number of phenolic OH excluding ortho intramolecular Hbond substituents is 1. The Morgan fingerprint density at radius 3 is 2.00 bits per heavy atom. The van der Waals surface area contributed by atoms with E-state index in [0.29, 0.717) is 39.1 Å². The van der Waals surface area contributed by atoms with Crippen molar-refractivity contribution in [1.82, 2.24) is 14.5 Å². The number of nitrogens with zero attached hydrogens (tertiary/aromatic N) is 3. The third-order valence-corrected chi connectivity index (χ3v) is 10.5. The van der Waals surface area contributed by atoms with Crippen LogP contribution in [0.25, 0.3) is 72.7 Å². The molecule has 1 N–H and O–H groups in total. The molecule has 0 saturated carbocycles. The van der Waals surface area contributed by atoms with E-state index in [9.17, 15) is 5.11 Å². The normalized spacial score (nSPS) is 16.8. The molecule has 0 aliphatic carbocycles. The van der Waals surface area contributed by atoms with Gasteiger partial charge in [-0.3, -0.25) is 9.55 Å². The Bertz CT molecular complexity index is 3460. The Morgan fingerprint density at radius 2 is 1.30 bits per heavy atom. The molecule has 0 bridgehead atoms. The van der Waals surface area contributed by atoms with Gasteiger partial charge in [0.15, 0.2) is 0 Å². The van der Waals surface area contributed by atoms with Crippen molar-refractivity contribution in [3.8, 4) is 67.5 Å². The van der Waals surface area contributed by atoms with E-state index in [1.807, 2.05) is 93.6 Å². The second-order valence-corrected chi connectivity index (χ2v) is 16.9. The van der Waals surface area contributed by atoms with Crippen LogP contribution < -0.4 is 0 Å². The summed E-state index contributed by atoms with van der Waals surface area (Å²) in [5, 5.41) is 11.9. The van der Waals surface area contributed by atoms with Crippen LogP contribution in [0.3, 0.4) is 0 Å². The maximum Gasteiger partial charge on any atom is 0.148 e. The average Bonchev–Trinajstić information content (AvgIpc) is 3.69. The van der Waals surface area contributed by atoms with Gasteiger partial charge in [0.25, 0.3) is 0 Å². The molecule has 6 aromatic carbocycles. The quantitative estimate of drug-likeness (QED) is 0.169. The van der Waals surface area contributed by atoms with E-state index in [1.165, 1.54) is 12.3 Å². The summed E-state index contributed by atoms with van der Waals surface area (Å²) >= 11 is 0. The minimum absolute atomic E-state index is 0. The van der Waals surface area contributed by atoms with Crippen molar-refractivity contribution in [3.63, 3.8) is 0 Å². The first-order chi connectivity index (χ1) is 34.6. The van der Waals surface area contributed by atoms with E-state index < -0.39 is 79.3 Å². The van der Waals surface area contributed by atoms with Gasteiger partial charge in [0.2, 0.25) is 0 Å². The van der Waals surface area contributed by atoms with Crippen molar-refractivity contribution in [2.75, 3.05) is 0 Å². The number of pyridine rings is 1. The van der Waals surface area contributed by atoms with Crippen molar-refractivity contribution in [2.45, 2.75) is 85.2 Å². The minimum atomic E-state index is -3.60. The SMILES string of the molecule is [2H]c1c([2H])c(C([2H])([2H])[2H])c([2H])c([2H])c1-c1ccnc(-c2[c-]c(-c3cccc4c3nc(-c3cc(C(C([2H])([2H])[2H])(C([2H])([2H])[2H])C([2H])([2H])[2H])ccc3O)n4-c3ccc(C(C)(C)C)cc3-c3ccccc3)cc(C(C)(C)C)c2)c1.[Pt]. The Hall–Kier alpha value is -5.57. The maximum absolute atomic E-state index is 11.9. The number of hydrogen-bond acceptors (Lipinski definition) is 3. The van der Waals surface area contributed by atoms with Crippen LogP contribution in [0.15, 0.2) is 140 Å². The summed E-state index contributed by atoms with van der Waals surface area (Å²) in [5.74, 6) is -0.414. The van der Waals surface area contributed by atoms with Crippen molar-refractivity contribution in [3.05, 3.63) is 168 Å². The van der Waals surface area contributed by atoms with Gasteiger partial charge in [-0.05, 0) is 87.3 Å². The number of fused-ring (bicyclic) bond motifs is 1. The van der Waals surface area contributed by atoms with Crippen LogP contribution in [0.2, 0.25) is 0 Å². The maximum atomic E-state index is 11.9. The summed E-state index contributed by atoms with van der Waals surface area (Å²) in [6.07, 6.45) is 1.45. The van der Waals surface area contributed by atoms with Crippen molar-refractivity contribution >= 4 is 11.0 Å². The van der Waals surface area contributed by atoms with Gasteiger partial charge in [0.1, 0.15) is 11.6 Å². The Morgan fingerprint density at radius 1 is 0.617 bits per heavy atom. The van der Waals surface area contributed by atoms with Crippen LogP contribution in [-0.2, 0) is 37.3 Å². The predicted octanol–water partition coefficient (Wildman–Crippen LogP) is 14.5. The molecule has 4 nitrogen and oxygen atoms in total. The van der Waals surface area contributed by atoms with Crippen LogP contribution >= 0.6 is 0 Å². The number of phenols is 1. The summed E-state index contributed by atoms with van der Waals surface area (Å²) in [5.41, 5.74) is 1.19. The molecule has 0 radical (unpaired) electrons. The minimum Gasteiger partial charge on any atom is -0.507 e. The van der Waals surface area contributed by atoms with Gasteiger partial charge in [-0.1, -0.05) is 164 Å². The van der Waals surface area contributed by atoms with Crippen LogP contribution in [0.4, 0.5) is 0 Å². The zero-order valence-corrected chi connectivity index (χ0v) is 36.3. The molecule has 306 valence electrons. The number of aromatic nitrogens is 3. The van der Waals surface area contributed by atoms with E-state index in [1.54, 1.807) is 10.6 Å². The molecule has 2 aromatic heterocycles. The molecule has 2 heterocycles. The molecule has 0 aliphatic rings. The van der Waals surface area contributed by atoms with E-state index in [0.717, 1.165) is 40.5 Å². The second-order valence-electron chi connectivity index (χ2n) is 16.9. The van der Waals surface area contributed by atoms with Crippen molar-refractivity contribution < 1.29 is 48.1 Å². The average molecular weight is 984 g/mol. The number of benzene rings is 6. The predicted molar refractivity (Wildman–Crippen MR) is 247 cm³/mol.